The Morgan fingerprint density at radius 2 is 1.79 bits per heavy atom. The van der Waals surface area contributed by atoms with Crippen molar-refractivity contribution in [2.75, 3.05) is 11.4 Å². The summed E-state index contributed by atoms with van der Waals surface area (Å²) < 4.78 is 5.40. The van der Waals surface area contributed by atoms with Crippen LogP contribution in [0.4, 0.5) is 10.5 Å². The molecule has 1 aromatic carbocycles. The Morgan fingerprint density at radius 3 is 2.36 bits per heavy atom. The highest BCUT2D eigenvalue weighted by Crippen LogP contribution is 2.32. The van der Waals surface area contributed by atoms with Gasteiger partial charge in [0.1, 0.15) is 5.60 Å². The first-order valence-electron chi connectivity index (χ1n) is 13.6. The molecule has 0 atom stereocenters. The molecule has 0 aliphatic heterocycles. The third-order valence-electron chi connectivity index (χ3n) is 7.18. The molecule has 0 saturated heterocycles. The lowest BCUT2D eigenvalue weighted by Gasteiger charge is -2.39. The fourth-order valence-corrected chi connectivity index (χ4v) is 5.29. The SMILES string of the molecule is CCN(c1cc(C#N)cc(C(=O)NCc2c(C)cc(C)[nH]c2=O)c1C)C1CCC(NC(=O)OC(C)(C)C)CC1. The van der Waals surface area contributed by atoms with Crippen molar-refractivity contribution in [1.82, 2.24) is 15.6 Å². The van der Waals surface area contributed by atoms with E-state index < -0.39 is 11.7 Å². The number of ether oxygens (including phenoxy) is 1. The number of alkyl carbamates (subject to hydrolysis) is 1. The highest BCUT2D eigenvalue weighted by Gasteiger charge is 2.29. The summed E-state index contributed by atoms with van der Waals surface area (Å²) in [6.45, 7) is 14.0. The van der Waals surface area contributed by atoms with Gasteiger partial charge in [0.15, 0.2) is 0 Å². The first-order chi connectivity index (χ1) is 18.3. The van der Waals surface area contributed by atoms with E-state index in [1.54, 1.807) is 6.07 Å². The number of anilines is 1. The van der Waals surface area contributed by atoms with Crippen LogP contribution >= 0.6 is 0 Å². The summed E-state index contributed by atoms with van der Waals surface area (Å²) in [5, 5.41) is 15.6. The predicted molar refractivity (Wildman–Crippen MR) is 152 cm³/mol. The number of H-pyrrole nitrogens is 1. The first kappa shape index (κ1) is 29.8. The van der Waals surface area contributed by atoms with Crippen molar-refractivity contribution in [2.24, 2.45) is 0 Å². The van der Waals surface area contributed by atoms with E-state index in [0.29, 0.717) is 23.2 Å². The number of aryl methyl sites for hydroxylation is 2. The molecule has 1 aliphatic carbocycles. The molecule has 2 amide bonds. The quantitative estimate of drug-likeness (QED) is 0.469. The average molecular weight is 536 g/mol. The molecule has 1 aromatic heterocycles. The lowest BCUT2D eigenvalue weighted by Crippen LogP contribution is -2.45. The molecule has 1 fully saturated rings. The van der Waals surface area contributed by atoms with Crippen molar-refractivity contribution in [3.8, 4) is 6.07 Å². The van der Waals surface area contributed by atoms with Gasteiger partial charge < -0.3 is 25.3 Å². The van der Waals surface area contributed by atoms with Crippen molar-refractivity contribution in [1.29, 1.82) is 5.26 Å². The number of carbonyl (C=O) groups excluding carboxylic acids is 2. The second-order valence-electron chi connectivity index (χ2n) is 11.3. The Hall–Kier alpha value is -3.80. The first-order valence-corrected chi connectivity index (χ1v) is 13.6. The van der Waals surface area contributed by atoms with E-state index in [9.17, 15) is 19.6 Å². The van der Waals surface area contributed by atoms with Crippen LogP contribution < -0.4 is 21.1 Å². The lowest BCUT2D eigenvalue weighted by atomic mass is 9.89. The molecule has 2 aromatic rings. The number of nitrogens with zero attached hydrogens (tertiary/aromatic N) is 2. The van der Waals surface area contributed by atoms with Crippen molar-refractivity contribution in [2.45, 2.75) is 98.4 Å². The Kier molecular flexibility index (Phi) is 9.44. The topological polar surface area (TPSA) is 127 Å². The Labute approximate surface area is 230 Å². The highest BCUT2D eigenvalue weighted by molar-refractivity contribution is 5.97. The summed E-state index contributed by atoms with van der Waals surface area (Å²) in [6.07, 6.45) is 2.96. The van der Waals surface area contributed by atoms with Gasteiger partial charge in [0, 0.05) is 47.7 Å². The molecule has 1 heterocycles. The smallest absolute Gasteiger partial charge is 0.407 e. The van der Waals surface area contributed by atoms with E-state index in [1.165, 1.54) is 0 Å². The van der Waals surface area contributed by atoms with E-state index in [0.717, 1.165) is 48.2 Å². The molecule has 3 rings (SSSR count). The molecule has 1 saturated carbocycles. The van der Waals surface area contributed by atoms with Crippen LogP contribution in [0.3, 0.4) is 0 Å². The maximum absolute atomic E-state index is 13.3. The number of amides is 2. The van der Waals surface area contributed by atoms with Crippen LogP contribution in [0.15, 0.2) is 23.0 Å². The Morgan fingerprint density at radius 1 is 1.13 bits per heavy atom. The van der Waals surface area contributed by atoms with Gasteiger partial charge in [-0.15, -0.1) is 0 Å². The standard InChI is InChI=1S/C30H41N5O4/c1-8-35(23-11-9-22(10-12-23)34-29(38)39-30(5,6)7)26-15-21(16-31)14-24(20(26)4)27(36)32-17-25-18(2)13-19(3)33-28(25)37/h13-15,22-23H,8-12,17H2,1-7H3,(H,32,36)(H,33,37)(H,34,38). The second kappa shape index (κ2) is 12.4. The minimum Gasteiger partial charge on any atom is -0.444 e. The average Bonchev–Trinajstić information content (AvgIpc) is 2.84. The van der Waals surface area contributed by atoms with E-state index in [-0.39, 0.29) is 30.1 Å². The van der Waals surface area contributed by atoms with Gasteiger partial charge in [-0.2, -0.15) is 5.26 Å². The van der Waals surface area contributed by atoms with Gasteiger partial charge >= 0.3 is 6.09 Å². The summed E-state index contributed by atoms with van der Waals surface area (Å²) in [5.74, 6) is -0.327. The molecule has 9 nitrogen and oxygen atoms in total. The number of nitrogens with one attached hydrogen (secondary N) is 3. The number of aromatic amines is 1. The van der Waals surface area contributed by atoms with Gasteiger partial charge in [-0.25, -0.2) is 4.79 Å². The lowest BCUT2D eigenvalue weighted by molar-refractivity contribution is 0.0491. The molecule has 9 heteroatoms. The molecule has 39 heavy (non-hydrogen) atoms. The number of rotatable bonds is 7. The van der Waals surface area contributed by atoms with Gasteiger partial charge in [-0.3, -0.25) is 9.59 Å². The molecular weight excluding hydrogens is 494 g/mol. The third kappa shape index (κ3) is 7.62. The number of aromatic nitrogens is 1. The van der Waals surface area contributed by atoms with E-state index >= 15 is 0 Å². The molecule has 0 unspecified atom stereocenters. The normalized spacial score (nSPS) is 17.2. The fraction of sp³-hybridized carbons (Fsp3) is 0.533. The second-order valence-corrected chi connectivity index (χ2v) is 11.3. The maximum atomic E-state index is 13.3. The zero-order valence-corrected chi connectivity index (χ0v) is 24.2. The largest absolute Gasteiger partial charge is 0.444 e. The summed E-state index contributed by atoms with van der Waals surface area (Å²) in [7, 11) is 0. The Balaban J connectivity index is 1.76. The zero-order chi connectivity index (χ0) is 28.9. The van der Waals surface area contributed by atoms with Gasteiger partial charge in [-0.05, 0) is 103 Å². The van der Waals surface area contributed by atoms with Gasteiger partial charge in [0.25, 0.3) is 11.5 Å². The molecular formula is C30H41N5O4. The molecule has 3 N–H and O–H groups in total. The zero-order valence-electron chi connectivity index (χ0n) is 24.2. The van der Waals surface area contributed by atoms with Crippen molar-refractivity contribution < 1.29 is 14.3 Å². The van der Waals surface area contributed by atoms with Crippen molar-refractivity contribution >= 4 is 17.7 Å². The minimum absolute atomic E-state index is 0.0519. The number of benzene rings is 1. The van der Waals surface area contributed by atoms with Crippen molar-refractivity contribution in [3.63, 3.8) is 0 Å². The van der Waals surface area contributed by atoms with Crippen LogP contribution in [0.1, 0.15) is 91.7 Å². The van der Waals surface area contributed by atoms with Crippen LogP contribution in [0.5, 0.6) is 0 Å². The van der Waals surface area contributed by atoms with Crippen LogP contribution in [0, 0.1) is 32.1 Å². The molecule has 0 spiro atoms. The molecule has 1 aliphatic rings. The van der Waals surface area contributed by atoms with Crippen LogP contribution in [0.2, 0.25) is 0 Å². The molecule has 210 valence electrons. The monoisotopic (exact) mass is 535 g/mol. The summed E-state index contributed by atoms with van der Waals surface area (Å²) in [5.41, 5.74) is 3.81. The van der Waals surface area contributed by atoms with E-state index in [4.69, 9.17) is 4.74 Å². The minimum atomic E-state index is -0.539. The van der Waals surface area contributed by atoms with Crippen molar-refractivity contribution in [3.05, 3.63) is 62.1 Å². The van der Waals surface area contributed by atoms with Crippen LogP contribution in [-0.2, 0) is 11.3 Å². The number of hydrogen-bond acceptors (Lipinski definition) is 6. The summed E-state index contributed by atoms with van der Waals surface area (Å²) in [4.78, 5) is 42.9. The van der Waals surface area contributed by atoms with E-state index in [1.807, 2.05) is 53.7 Å². The number of pyridine rings is 1. The summed E-state index contributed by atoms with van der Waals surface area (Å²) in [6, 6.07) is 7.78. The van der Waals surface area contributed by atoms with Crippen LogP contribution in [0.25, 0.3) is 0 Å². The molecule has 0 bridgehead atoms. The molecule has 0 radical (unpaired) electrons. The number of nitriles is 1. The number of carbonyl (C=O) groups is 2. The Bertz CT molecular complexity index is 1310. The fourth-order valence-electron chi connectivity index (χ4n) is 5.29. The third-order valence-corrected chi connectivity index (χ3v) is 7.18. The van der Waals surface area contributed by atoms with Gasteiger partial charge in [0.2, 0.25) is 0 Å². The highest BCUT2D eigenvalue weighted by atomic mass is 16.6. The number of hydrogen-bond donors (Lipinski definition) is 3. The maximum Gasteiger partial charge on any atom is 0.407 e. The predicted octanol–water partition coefficient (Wildman–Crippen LogP) is 4.76. The van der Waals surface area contributed by atoms with E-state index in [2.05, 4.69) is 33.5 Å². The summed E-state index contributed by atoms with van der Waals surface area (Å²) >= 11 is 0. The van der Waals surface area contributed by atoms with Gasteiger partial charge in [-0.1, -0.05) is 0 Å². The van der Waals surface area contributed by atoms with Crippen LogP contribution in [-0.4, -0.2) is 41.2 Å². The van der Waals surface area contributed by atoms with Gasteiger partial charge in [0.05, 0.1) is 11.6 Å².